The molecule has 0 fully saturated rings. The number of nitrogens with two attached hydrogens (primary N) is 2. The lowest BCUT2D eigenvalue weighted by Gasteiger charge is -2.24. The number of nitrogens with zero attached hydrogens (tertiary/aromatic N) is 3. The van der Waals surface area contributed by atoms with Gasteiger partial charge in [-0.2, -0.15) is 4.98 Å². The van der Waals surface area contributed by atoms with E-state index in [0.29, 0.717) is 39.0 Å². The van der Waals surface area contributed by atoms with Gasteiger partial charge in [0.05, 0.1) is 21.3 Å². The van der Waals surface area contributed by atoms with Crippen LogP contribution in [0.3, 0.4) is 0 Å². The predicted molar refractivity (Wildman–Crippen MR) is 122 cm³/mol. The van der Waals surface area contributed by atoms with Gasteiger partial charge in [0.25, 0.3) is 0 Å². The first-order chi connectivity index (χ1) is 15.3. The molecule has 5 rings (SSSR count). The van der Waals surface area contributed by atoms with Gasteiger partial charge in [0.2, 0.25) is 21.8 Å². The molecule has 0 amide bonds. The molecule has 1 aliphatic rings. The molecule has 4 aromatic rings. The number of thiazole rings is 1. The highest BCUT2D eigenvalue weighted by Crippen LogP contribution is 2.51. The SMILES string of the molecule is Nc1ncnc2c1C(c1ccc(Cl)cc1)c1sc(Nc3ccc(S(N)(=O)=O)cc3)nc1O2. The van der Waals surface area contributed by atoms with Gasteiger partial charge < -0.3 is 15.8 Å². The molecule has 2 aromatic heterocycles. The minimum atomic E-state index is -3.77. The maximum atomic E-state index is 11.5. The van der Waals surface area contributed by atoms with Crippen molar-refractivity contribution in [1.29, 1.82) is 0 Å². The standard InChI is InChI=1S/C20H15ClN6O3S2/c21-11-3-1-10(2-4-11)14-15-17(22)24-9-25-18(15)30-19-16(14)31-20(27-19)26-12-5-7-13(8-6-12)32(23,28)29/h1-9,14H,(H,26,27)(H2,22,24,25)(H2,23,28,29). The second-order valence-electron chi connectivity index (χ2n) is 6.95. The molecule has 3 heterocycles. The quantitative estimate of drug-likeness (QED) is 0.347. The summed E-state index contributed by atoms with van der Waals surface area (Å²) >= 11 is 7.46. The summed E-state index contributed by atoms with van der Waals surface area (Å²) < 4.78 is 28.8. The zero-order valence-electron chi connectivity index (χ0n) is 16.2. The molecule has 0 saturated heterocycles. The van der Waals surface area contributed by atoms with E-state index in [1.54, 1.807) is 24.3 Å². The second kappa shape index (κ2) is 7.71. The van der Waals surface area contributed by atoms with Gasteiger partial charge in [-0.05, 0) is 42.0 Å². The van der Waals surface area contributed by atoms with Crippen LogP contribution in [0.4, 0.5) is 16.6 Å². The Bertz CT molecular complexity index is 1420. The normalized spacial score (nSPS) is 14.9. The topological polar surface area (TPSA) is 146 Å². The maximum absolute atomic E-state index is 11.5. The second-order valence-corrected chi connectivity index (χ2v) is 9.98. The summed E-state index contributed by atoms with van der Waals surface area (Å²) in [5.41, 5.74) is 8.43. The molecular weight excluding hydrogens is 472 g/mol. The van der Waals surface area contributed by atoms with Crippen molar-refractivity contribution in [1.82, 2.24) is 15.0 Å². The Morgan fingerprint density at radius 3 is 2.44 bits per heavy atom. The van der Waals surface area contributed by atoms with Crippen molar-refractivity contribution in [2.45, 2.75) is 10.8 Å². The number of nitrogen functional groups attached to an aromatic ring is 1. The van der Waals surface area contributed by atoms with Gasteiger partial charge in [-0.3, -0.25) is 0 Å². The molecule has 0 bridgehead atoms. The molecule has 12 heteroatoms. The van der Waals surface area contributed by atoms with Crippen LogP contribution in [0.5, 0.6) is 11.8 Å². The lowest BCUT2D eigenvalue weighted by Crippen LogP contribution is -2.14. The molecule has 1 aliphatic heterocycles. The van der Waals surface area contributed by atoms with Crippen molar-refractivity contribution in [2.75, 3.05) is 11.1 Å². The molecule has 0 aliphatic carbocycles. The molecule has 0 saturated carbocycles. The number of ether oxygens (including phenoxy) is 1. The Morgan fingerprint density at radius 1 is 1.03 bits per heavy atom. The molecule has 0 radical (unpaired) electrons. The van der Waals surface area contributed by atoms with E-state index in [9.17, 15) is 8.42 Å². The first-order valence-electron chi connectivity index (χ1n) is 9.24. The molecular formula is C20H15ClN6O3S2. The van der Waals surface area contributed by atoms with Crippen LogP contribution in [0.1, 0.15) is 21.9 Å². The fourth-order valence-electron chi connectivity index (χ4n) is 3.42. The van der Waals surface area contributed by atoms with Gasteiger partial charge in [-0.1, -0.05) is 35.1 Å². The molecule has 1 unspecified atom stereocenters. The lowest BCUT2D eigenvalue weighted by molar-refractivity contribution is 0.421. The summed E-state index contributed by atoms with van der Waals surface area (Å²) in [7, 11) is -3.77. The van der Waals surface area contributed by atoms with Crippen molar-refractivity contribution in [2.24, 2.45) is 5.14 Å². The zero-order valence-corrected chi connectivity index (χ0v) is 18.6. The summed E-state index contributed by atoms with van der Waals surface area (Å²) in [5, 5.41) is 9.49. The van der Waals surface area contributed by atoms with Crippen molar-refractivity contribution in [3.8, 4) is 11.8 Å². The molecule has 5 N–H and O–H groups in total. The number of anilines is 3. The number of fused-ring (bicyclic) bond motifs is 2. The summed E-state index contributed by atoms with van der Waals surface area (Å²) in [5.74, 6) is 0.788. The molecule has 0 spiro atoms. The highest BCUT2D eigenvalue weighted by Gasteiger charge is 2.35. The van der Waals surface area contributed by atoms with Crippen LogP contribution in [0.15, 0.2) is 59.8 Å². The van der Waals surface area contributed by atoms with Crippen molar-refractivity contribution in [3.63, 3.8) is 0 Å². The minimum absolute atomic E-state index is 0.0251. The summed E-state index contributed by atoms with van der Waals surface area (Å²) in [6.07, 6.45) is 1.34. The number of aromatic nitrogens is 3. The number of rotatable bonds is 4. The zero-order chi connectivity index (χ0) is 22.5. The van der Waals surface area contributed by atoms with Crippen molar-refractivity contribution >= 4 is 49.6 Å². The Kier molecular flexibility index (Phi) is 4.97. The van der Waals surface area contributed by atoms with Crippen LogP contribution in [-0.4, -0.2) is 23.4 Å². The number of sulfonamides is 1. The van der Waals surface area contributed by atoms with E-state index >= 15 is 0 Å². The number of nitrogens with one attached hydrogen (secondary N) is 1. The molecule has 1 atom stereocenters. The smallest absolute Gasteiger partial charge is 0.238 e. The molecule has 162 valence electrons. The van der Waals surface area contributed by atoms with E-state index < -0.39 is 10.0 Å². The number of benzene rings is 2. The Balaban J connectivity index is 1.55. The Hall–Kier alpha value is -3.25. The van der Waals surface area contributed by atoms with Gasteiger partial charge in [0, 0.05) is 10.7 Å². The van der Waals surface area contributed by atoms with Gasteiger partial charge in [0.1, 0.15) is 12.1 Å². The summed E-state index contributed by atoms with van der Waals surface area (Å²) in [4.78, 5) is 13.8. The van der Waals surface area contributed by atoms with Gasteiger partial charge >= 0.3 is 0 Å². The minimum Gasteiger partial charge on any atom is -0.419 e. The number of halogens is 1. The van der Waals surface area contributed by atoms with E-state index in [2.05, 4.69) is 20.3 Å². The number of hydrogen-bond donors (Lipinski definition) is 3. The fraction of sp³-hybridized carbons (Fsp3) is 0.0500. The first kappa shape index (κ1) is 20.6. The van der Waals surface area contributed by atoms with Gasteiger partial charge in [-0.25, -0.2) is 23.5 Å². The molecule has 32 heavy (non-hydrogen) atoms. The third kappa shape index (κ3) is 3.75. The van der Waals surface area contributed by atoms with Crippen LogP contribution in [0.25, 0.3) is 0 Å². The summed E-state index contributed by atoms with van der Waals surface area (Å²) in [6.45, 7) is 0. The third-order valence-corrected chi connectivity index (χ3v) is 7.08. The number of primary sulfonamides is 1. The summed E-state index contributed by atoms with van der Waals surface area (Å²) in [6, 6.07) is 13.5. The van der Waals surface area contributed by atoms with E-state index in [1.807, 2.05) is 12.1 Å². The molecule has 2 aromatic carbocycles. The average molecular weight is 487 g/mol. The van der Waals surface area contributed by atoms with Gasteiger partial charge in [0.15, 0.2) is 5.13 Å². The monoisotopic (exact) mass is 486 g/mol. The average Bonchev–Trinajstić information content (AvgIpc) is 3.15. The van der Waals surface area contributed by atoms with Crippen LogP contribution in [-0.2, 0) is 10.0 Å². The van der Waals surface area contributed by atoms with Gasteiger partial charge in [-0.15, -0.1) is 0 Å². The van der Waals surface area contributed by atoms with Crippen molar-refractivity contribution < 1.29 is 13.2 Å². The van der Waals surface area contributed by atoms with E-state index in [0.717, 1.165) is 10.4 Å². The van der Waals surface area contributed by atoms with Crippen LogP contribution >= 0.6 is 22.9 Å². The fourth-order valence-corrected chi connectivity index (χ4v) is 5.11. The van der Waals surface area contributed by atoms with Crippen LogP contribution in [0.2, 0.25) is 5.02 Å². The highest BCUT2D eigenvalue weighted by molar-refractivity contribution is 7.89. The van der Waals surface area contributed by atoms with Crippen molar-refractivity contribution in [3.05, 3.63) is 75.9 Å². The first-order valence-corrected chi connectivity index (χ1v) is 12.0. The number of hydrogen-bond acceptors (Lipinski definition) is 9. The third-order valence-electron chi connectivity index (χ3n) is 4.88. The van der Waals surface area contributed by atoms with E-state index in [-0.39, 0.29) is 10.8 Å². The predicted octanol–water partition coefficient (Wildman–Crippen LogP) is 3.85. The molecule has 9 nitrogen and oxygen atoms in total. The lowest BCUT2D eigenvalue weighted by atomic mass is 9.89. The van der Waals surface area contributed by atoms with E-state index in [4.69, 9.17) is 27.2 Å². The van der Waals surface area contributed by atoms with Crippen LogP contribution < -0.4 is 20.9 Å². The van der Waals surface area contributed by atoms with Crippen LogP contribution in [0, 0.1) is 0 Å². The van der Waals surface area contributed by atoms with E-state index in [1.165, 1.54) is 29.8 Å². The highest BCUT2D eigenvalue weighted by atomic mass is 35.5. The Morgan fingerprint density at radius 2 is 1.75 bits per heavy atom. The maximum Gasteiger partial charge on any atom is 0.238 e. The largest absolute Gasteiger partial charge is 0.419 e. The Labute approximate surface area is 192 Å².